The fourth-order valence-electron chi connectivity index (χ4n) is 6.69. The molecule has 55 heavy (non-hydrogen) atoms. The molecule has 1 unspecified atom stereocenters. The molecule has 0 aliphatic rings. The van der Waals surface area contributed by atoms with Gasteiger partial charge in [-0.05, 0) is 38.5 Å². The first-order chi connectivity index (χ1) is 26.8. The number of hydrogen-bond acceptors (Lipinski definition) is 8. The van der Waals surface area contributed by atoms with Crippen molar-refractivity contribution < 1.29 is 37.6 Å². The van der Waals surface area contributed by atoms with E-state index in [0.29, 0.717) is 6.42 Å². The predicted octanol–water partition coefficient (Wildman–Crippen LogP) is 13.4. The number of allylic oxidation sites excluding steroid dienone is 2. The summed E-state index contributed by atoms with van der Waals surface area (Å²) in [7, 11) is -4.37. The normalized spacial score (nSPS) is 13.3. The van der Waals surface area contributed by atoms with E-state index in [9.17, 15) is 19.0 Å². The first kappa shape index (κ1) is 53.8. The van der Waals surface area contributed by atoms with Crippen molar-refractivity contribution in [2.45, 2.75) is 238 Å². The fraction of sp³-hybridized carbons (Fsp3) is 0.911. The second-order valence-corrected chi connectivity index (χ2v) is 17.1. The molecule has 0 rings (SSSR count). The summed E-state index contributed by atoms with van der Waals surface area (Å²) in [5.74, 6) is -0.818. The number of phosphoric acid groups is 1. The molecular weight excluding hydrogens is 713 g/mol. The SMILES string of the molecule is CCCCCCCC/C=C\CCCCCCCCCCCC(=O)O[C@H](COC(=O)CCCCCCCCCCCCCCCCC)COP(=O)(O)OCCN. The summed E-state index contributed by atoms with van der Waals surface area (Å²) in [5.41, 5.74) is 5.35. The Morgan fingerprint density at radius 2 is 0.891 bits per heavy atom. The average molecular weight is 802 g/mol. The van der Waals surface area contributed by atoms with Crippen molar-refractivity contribution in [2.24, 2.45) is 5.73 Å². The summed E-state index contributed by atoms with van der Waals surface area (Å²) in [4.78, 5) is 34.9. The van der Waals surface area contributed by atoms with Gasteiger partial charge in [0, 0.05) is 19.4 Å². The Labute approximate surface area is 339 Å². The van der Waals surface area contributed by atoms with Crippen molar-refractivity contribution in [3.05, 3.63) is 12.2 Å². The quantitative estimate of drug-likeness (QED) is 0.0267. The van der Waals surface area contributed by atoms with E-state index in [1.54, 1.807) is 0 Å². The summed E-state index contributed by atoms with van der Waals surface area (Å²) in [6, 6.07) is 0. The Kier molecular flexibility index (Phi) is 41.4. The minimum absolute atomic E-state index is 0.0561. The van der Waals surface area contributed by atoms with Crippen LogP contribution in [0.25, 0.3) is 0 Å². The van der Waals surface area contributed by atoms with Crippen molar-refractivity contribution in [3.63, 3.8) is 0 Å². The highest BCUT2D eigenvalue weighted by molar-refractivity contribution is 7.47. The molecule has 0 heterocycles. The van der Waals surface area contributed by atoms with Gasteiger partial charge in [0.2, 0.25) is 0 Å². The van der Waals surface area contributed by atoms with Crippen LogP contribution >= 0.6 is 7.82 Å². The number of carbonyl (C=O) groups is 2. The van der Waals surface area contributed by atoms with Crippen LogP contribution in [-0.4, -0.2) is 49.3 Å². The van der Waals surface area contributed by atoms with Gasteiger partial charge in [0.25, 0.3) is 0 Å². The summed E-state index contributed by atoms with van der Waals surface area (Å²) < 4.78 is 32.8. The molecule has 0 aliphatic heterocycles. The third-order valence-corrected chi connectivity index (χ3v) is 11.1. The lowest BCUT2D eigenvalue weighted by molar-refractivity contribution is -0.161. The minimum Gasteiger partial charge on any atom is -0.462 e. The molecule has 2 atom stereocenters. The average Bonchev–Trinajstić information content (AvgIpc) is 3.17. The van der Waals surface area contributed by atoms with E-state index in [1.807, 2.05) is 0 Å². The molecule has 0 saturated carbocycles. The smallest absolute Gasteiger partial charge is 0.462 e. The molecule has 0 fully saturated rings. The largest absolute Gasteiger partial charge is 0.472 e. The van der Waals surface area contributed by atoms with Gasteiger partial charge in [0.15, 0.2) is 6.10 Å². The summed E-state index contributed by atoms with van der Waals surface area (Å²) in [6.45, 7) is 3.76. The molecule has 0 aromatic rings. The van der Waals surface area contributed by atoms with Crippen molar-refractivity contribution >= 4 is 19.8 Å². The van der Waals surface area contributed by atoms with Gasteiger partial charge in [0.05, 0.1) is 13.2 Å². The van der Waals surface area contributed by atoms with Gasteiger partial charge in [0.1, 0.15) is 6.61 Å². The van der Waals surface area contributed by atoms with Gasteiger partial charge >= 0.3 is 19.8 Å². The van der Waals surface area contributed by atoms with E-state index >= 15 is 0 Å². The van der Waals surface area contributed by atoms with Crippen LogP contribution in [0.2, 0.25) is 0 Å². The Morgan fingerprint density at radius 3 is 1.29 bits per heavy atom. The lowest BCUT2D eigenvalue weighted by atomic mass is 10.0. The first-order valence-electron chi connectivity index (χ1n) is 23.2. The number of phosphoric ester groups is 1. The third-order valence-electron chi connectivity index (χ3n) is 10.2. The second-order valence-electron chi connectivity index (χ2n) is 15.6. The van der Waals surface area contributed by atoms with Crippen LogP contribution in [0, 0.1) is 0 Å². The zero-order valence-electron chi connectivity index (χ0n) is 35.9. The highest BCUT2D eigenvalue weighted by atomic mass is 31.2. The minimum atomic E-state index is -4.37. The Morgan fingerprint density at radius 1 is 0.527 bits per heavy atom. The fourth-order valence-corrected chi connectivity index (χ4v) is 7.45. The number of unbranched alkanes of at least 4 members (excludes halogenated alkanes) is 29. The van der Waals surface area contributed by atoms with Crippen molar-refractivity contribution in [1.82, 2.24) is 0 Å². The van der Waals surface area contributed by atoms with Gasteiger partial charge in [-0.25, -0.2) is 4.57 Å². The van der Waals surface area contributed by atoms with Gasteiger partial charge in [-0.2, -0.15) is 0 Å². The summed E-state index contributed by atoms with van der Waals surface area (Å²) in [6.07, 6.45) is 43.8. The van der Waals surface area contributed by atoms with Crippen molar-refractivity contribution in [2.75, 3.05) is 26.4 Å². The standard InChI is InChI=1S/C45H88NO8P/c1-3-5-7-9-11-13-15-17-19-20-21-22-24-26-28-30-32-34-36-38-45(48)54-43(42-53-55(49,50)52-40-39-46)41-51-44(47)37-35-33-31-29-27-25-23-18-16-14-12-10-8-6-4-2/h17,19,43H,3-16,18,20-42,46H2,1-2H3,(H,49,50)/b19-17-/t43-/m1/s1. The van der Waals surface area contributed by atoms with E-state index in [4.69, 9.17) is 24.3 Å². The van der Waals surface area contributed by atoms with E-state index in [1.165, 1.54) is 161 Å². The Hall–Kier alpha value is -1.25. The molecule has 0 aromatic heterocycles. The Balaban J connectivity index is 4.08. The topological polar surface area (TPSA) is 134 Å². The highest BCUT2D eigenvalue weighted by Gasteiger charge is 2.26. The number of hydrogen-bond donors (Lipinski definition) is 2. The lowest BCUT2D eigenvalue weighted by Crippen LogP contribution is -2.29. The molecule has 0 radical (unpaired) electrons. The maximum Gasteiger partial charge on any atom is 0.472 e. The van der Waals surface area contributed by atoms with Crippen LogP contribution in [0.5, 0.6) is 0 Å². The monoisotopic (exact) mass is 802 g/mol. The zero-order valence-corrected chi connectivity index (χ0v) is 36.8. The maximum atomic E-state index is 12.6. The number of rotatable bonds is 44. The number of esters is 2. The van der Waals surface area contributed by atoms with Crippen molar-refractivity contribution in [1.29, 1.82) is 0 Å². The van der Waals surface area contributed by atoms with Crippen LogP contribution in [0.1, 0.15) is 232 Å². The van der Waals surface area contributed by atoms with E-state index in [0.717, 1.165) is 38.5 Å². The maximum absolute atomic E-state index is 12.6. The van der Waals surface area contributed by atoms with Crippen LogP contribution in [0.3, 0.4) is 0 Å². The van der Waals surface area contributed by atoms with Gasteiger partial charge < -0.3 is 20.1 Å². The second kappa shape index (κ2) is 42.4. The van der Waals surface area contributed by atoms with Gasteiger partial charge in [-0.3, -0.25) is 18.6 Å². The molecule has 0 amide bonds. The number of carbonyl (C=O) groups excluding carboxylic acids is 2. The van der Waals surface area contributed by atoms with Gasteiger partial charge in [-0.15, -0.1) is 0 Å². The Bertz CT molecular complexity index is 917. The van der Waals surface area contributed by atoms with Crippen LogP contribution in [-0.2, 0) is 32.7 Å². The van der Waals surface area contributed by atoms with E-state index in [2.05, 4.69) is 26.0 Å². The highest BCUT2D eigenvalue weighted by Crippen LogP contribution is 2.43. The number of ether oxygens (including phenoxy) is 2. The van der Waals surface area contributed by atoms with Crippen LogP contribution < -0.4 is 5.73 Å². The molecule has 326 valence electrons. The molecule has 10 heteroatoms. The molecule has 0 saturated heterocycles. The molecular formula is C45H88NO8P. The molecule has 0 bridgehead atoms. The van der Waals surface area contributed by atoms with Gasteiger partial charge in [-0.1, -0.05) is 193 Å². The molecule has 0 spiro atoms. The lowest BCUT2D eigenvalue weighted by Gasteiger charge is -2.19. The predicted molar refractivity (Wildman–Crippen MR) is 229 cm³/mol. The van der Waals surface area contributed by atoms with E-state index in [-0.39, 0.29) is 38.6 Å². The van der Waals surface area contributed by atoms with Crippen molar-refractivity contribution in [3.8, 4) is 0 Å². The molecule has 9 nitrogen and oxygen atoms in total. The van der Waals surface area contributed by atoms with E-state index < -0.39 is 26.5 Å². The zero-order chi connectivity index (χ0) is 40.3. The number of nitrogens with two attached hydrogens (primary N) is 1. The molecule has 0 aromatic carbocycles. The molecule has 0 aliphatic carbocycles. The third kappa shape index (κ3) is 42.2. The summed E-state index contributed by atoms with van der Waals surface area (Å²) in [5, 5.41) is 0. The van der Waals surface area contributed by atoms with Crippen LogP contribution in [0.4, 0.5) is 0 Å². The molecule has 3 N–H and O–H groups in total. The first-order valence-corrected chi connectivity index (χ1v) is 24.7. The summed E-state index contributed by atoms with van der Waals surface area (Å²) >= 11 is 0. The van der Waals surface area contributed by atoms with Crippen LogP contribution in [0.15, 0.2) is 12.2 Å².